The van der Waals surface area contributed by atoms with Gasteiger partial charge in [-0.3, -0.25) is 0 Å². The second-order valence-corrected chi connectivity index (χ2v) is 6.28. The van der Waals surface area contributed by atoms with Gasteiger partial charge in [0.1, 0.15) is 5.82 Å². The second kappa shape index (κ2) is 5.08. The maximum Gasteiger partial charge on any atom is 0.131 e. The number of hydrogen-bond donors (Lipinski definition) is 1. The van der Waals surface area contributed by atoms with Gasteiger partial charge in [-0.2, -0.15) is 0 Å². The Bertz CT molecular complexity index is 445. The normalized spacial score (nSPS) is 26.2. The number of nitrogens with zero attached hydrogens (tertiary/aromatic N) is 3. The fraction of sp³-hybridized carbons (Fsp3) is 0.733. The number of anilines is 1. The first-order valence-electron chi connectivity index (χ1n) is 7.50. The molecule has 0 aromatic carbocycles. The van der Waals surface area contributed by atoms with Crippen molar-refractivity contribution in [3.63, 3.8) is 0 Å². The van der Waals surface area contributed by atoms with Gasteiger partial charge < -0.3 is 10.6 Å². The molecule has 19 heavy (non-hydrogen) atoms. The van der Waals surface area contributed by atoms with Crippen LogP contribution in [0.4, 0.5) is 5.69 Å². The molecule has 1 aliphatic heterocycles. The van der Waals surface area contributed by atoms with Gasteiger partial charge in [-0.05, 0) is 24.7 Å². The number of aromatic nitrogens is 2. The van der Waals surface area contributed by atoms with E-state index < -0.39 is 0 Å². The van der Waals surface area contributed by atoms with Crippen molar-refractivity contribution < 1.29 is 0 Å². The van der Waals surface area contributed by atoms with Crippen LogP contribution in [0.25, 0.3) is 0 Å². The van der Waals surface area contributed by atoms with E-state index in [4.69, 9.17) is 5.73 Å². The summed E-state index contributed by atoms with van der Waals surface area (Å²) < 4.78 is 0. The Kier molecular flexibility index (Phi) is 3.44. The van der Waals surface area contributed by atoms with Crippen LogP contribution < -0.4 is 10.6 Å². The van der Waals surface area contributed by atoms with Gasteiger partial charge in [-0.15, -0.1) is 0 Å². The Labute approximate surface area is 115 Å². The molecule has 0 spiro atoms. The van der Waals surface area contributed by atoms with Crippen molar-refractivity contribution in [1.82, 2.24) is 9.97 Å². The Morgan fingerprint density at radius 1 is 1.32 bits per heavy atom. The predicted octanol–water partition coefficient (Wildman–Crippen LogP) is 2.29. The SMILES string of the molecule is CC(C)c1ncc(N2CC3CCCC3C2)c(CN)n1. The molecule has 0 bridgehead atoms. The van der Waals surface area contributed by atoms with Crippen molar-refractivity contribution in [2.45, 2.75) is 45.6 Å². The number of nitrogens with two attached hydrogens (primary N) is 1. The molecule has 2 fully saturated rings. The van der Waals surface area contributed by atoms with Crippen LogP contribution in [0.5, 0.6) is 0 Å². The lowest BCUT2D eigenvalue weighted by atomic mass is 10.0. The molecular weight excluding hydrogens is 236 g/mol. The summed E-state index contributed by atoms with van der Waals surface area (Å²) in [6.45, 7) is 7.08. The van der Waals surface area contributed by atoms with Gasteiger partial charge in [0, 0.05) is 25.6 Å². The van der Waals surface area contributed by atoms with Gasteiger partial charge in [0.15, 0.2) is 0 Å². The van der Waals surface area contributed by atoms with Crippen molar-refractivity contribution >= 4 is 5.69 Å². The van der Waals surface area contributed by atoms with Crippen molar-refractivity contribution in [2.24, 2.45) is 17.6 Å². The van der Waals surface area contributed by atoms with Gasteiger partial charge in [-0.1, -0.05) is 20.3 Å². The van der Waals surface area contributed by atoms with Gasteiger partial charge in [-0.25, -0.2) is 9.97 Å². The fourth-order valence-corrected chi connectivity index (χ4v) is 3.55. The van der Waals surface area contributed by atoms with E-state index in [1.54, 1.807) is 0 Å². The minimum Gasteiger partial charge on any atom is -0.368 e. The average Bonchev–Trinajstić information content (AvgIpc) is 2.98. The fourth-order valence-electron chi connectivity index (χ4n) is 3.55. The highest BCUT2D eigenvalue weighted by Crippen LogP contribution is 2.40. The molecule has 2 atom stereocenters. The van der Waals surface area contributed by atoms with Crippen molar-refractivity contribution in [3.05, 3.63) is 17.7 Å². The van der Waals surface area contributed by atoms with Gasteiger partial charge >= 0.3 is 0 Å². The molecule has 104 valence electrons. The summed E-state index contributed by atoms with van der Waals surface area (Å²) in [5, 5.41) is 0. The third-order valence-electron chi connectivity index (χ3n) is 4.64. The molecule has 3 rings (SSSR count). The highest BCUT2D eigenvalue weighted by molar-refractivity contribution is 5.50. The van der Waals surface area contributed by atoms with E-state index >= 15 is 0 Å². The highest BCUT2D eigenvalue weighted by Gasteiger charge is 2.36. The summed E-state index contributed by atoms with van der Waals surface area (Å²) in [5.74, 6) is 3.03. The minimum atomic E-state index is 0.359. The number of hydrogen-bond acceptors (Lipinski definition) is 4. The largest absolute Gasteiger partial charge is 0.368 e. The Morgan fingerprint density at radius 2 is 2.00 bits per heavy atom. The van der Waals surface area contributed by atoms with Crippen molar-refractivity contribution in [1.29, 1.82) is 0 Å². The summed E-state index contributed by atoms with van der Waals surface area (Å²) in [6, 6.07) is 0. The molecule has 0 amide bonds. The molecule has 2 N–H and O–H groups in total. The zero-order chi connectivity index (χ0) is 13.4. The van der Waals surface area contributed by atoms with Crippen LogP contribution in [0.1, 0.15) is 50.5 Å². The van der Waals surface area contributed by atoms with E-state index in [-0.39, 0.29) is 0 Å². The average molecular weight is 260 g/mol. The minimum absolute atomic E-state index is 0.359. The molecule has 2 heterocycles. The Balaban J connectivity index is 1.84. The van der Waals surface area contributed by atoms with E-state index in [2.05, 4.69) is 28.7 Å². The highest BCUT2D eigenvalue weighted by atomic mass is 15.2. The summed E-state index contributed by atoms with van der Waals surface area (Å²) >= 11 is 0. The van der Waals surface area contributed by atoms with Crippen LogP contribution in [0.15, 0.2) is 6.20 Å². The summed E-state index contributed by atoms with van der Waals surface area (Å²) in [6.07, 6.45) is 6.19. The second-order valence-electron chi connectivity index (χ2n) is 6.28. The summed E-state index contributed by atoms with van der Waals surface area (Å²) in [4.78, 5) is 11.6. The lowest BCUT2D eigenvalue weighted by Gasteiger charge is -2.22. The quantitative estimate of drug-likeness (QED) is 0.906. The van der Waals surface area contributed by atoms with Crippen LogP contribution in [0.3, 0.4) is 0 Å². The molecule has 1 aliphatic carbocycles. The van der Waals surface area contributed by atoms with E-state index in [1.165, 1.54) is 38.0 Å². The lowest BCUT2D eigenvalue weighted by molar-refractivity contribution is 0.494. The molecule has 2 unspecified atom stereocenters. The van der Waals surface area contributed by atoms with Gasteiger partial charge in [0.25, 0.3) is 0 Å². The van der Waals surface area contributed by atoms with Crippen molar-refractivity contribution in [3.8, 4) is 0 Å². The predicted molar refractivity (Wildman–Crippen MR) is 77.1 cm³/mol. The molecule has 0 radical (unpaired) electrons. The monoisotopic (exact) mass is 260 g/mol. The number of rotatable bonds is 3. The van der Waals surface area contributed by atoms with E-state index in [9.17, 15) is 0 Å². The number of fused-ring (bicyclic) bond motifs is 1. The van der Waals surface area contributed by atoms with E-state index in [1.807, 2.05) is 6.20 Å². The summed E-state index contributed by atoms with van der Waals surface area (Å²) in [5.41, 5.74) is 8.07. The van der Waals surface area contributed by atoms with Crippen LogP contribution >= 0.6 is 0 Å². The first-order chi connectivity index (χ1) is 9.19. The van der Waals surface area contributed by atoms with Crippen LogP contribution in [-0.4, -0.2) is 23.1 Å². The van der Waals surface area contributed by atoms with Crippen LogP contribution in [0, 0.1) is 11.8 Å². The zero-order valence-electron chi connectivity index (χ0n) is 12.0. The topological polar surface area (TPSA) is 55.0 Å². The summed E-state index contributed by atoms with van der Waals surface area (Å²) in [7, 11) is 0. The molecule has 1 aromatic heterocycles. The maximum atomic E-state index is 5.89. The third-order valence-corrected chi connectivity index (χ3v) is 4.64. The molecule has 1 saturated heterocycles. The first kappa shape index (κ1) is 12.9. The smallest absolute Gasteiger partial charge is 0.131 e. The molecule has 4 nitrogen and oxygen atoms in total. The van der Waals surface area contributed by atoms with E-state index in [0.29, 0.717) is 12.5 Å². The van der Waals surface area contributed by atoms with Crippen molar-refractivity contribution in [2.75, 3.05) is 18.0 Å². The molecule has 4 heteroatoms. The van der Waals surface area contributed by atoms with Crippen LogP contribution in [-0.2, 0) is 6.54 Å². The standard InChI is InChI=1S/C15H24N4/c1-10(2)15-17-7-14(13(6-16)18-15)19-8-11-4-3-5-12(11)9-19/h7,10-12H,3-6,8-9,16H2,1-2H3. The Morgan fingerprint density at radius 3 is 2.58 bits per heavy atom. The lowest BCUT2D eigenvalue weighted by Crippen LogP contribution is -2.24. The van der Waals surface area contributed by atoms with Gasteiger partial charge in [0.2, 0.25) is 0 Å². The van der Waals surface area contributed by atoms with Crippen LogP contribution in [0.2, 0.25) is 0 Å². The molecular formula is C15H24N4. The first-order valence-corrected chi connectivity index (χ1v) is 7.50. The molecule has 2 aliphatic rings. The molecule has 1 saturated carbocycles. The Hall–Kier alpha value is -1.16. The third kappa shape index (κ3) is 2.34. The zero-order valence-corrected chi connectivity index (χ0v) is 12.0. The maximum absolute atomic E-state index is 5.89. The molecule has 1 aromatic rings. The van der Waals surface area contributed by atoms with E-state index in [0.717, 1.165) is 23.4 Å². The van der Waals surface area contributed by atoms with Gasteiger partial charge in [0.05, 0.1) is 17.6 Å².